The molecule has 0 saturated carbocycles. The lowest BCUT2D eigenvalue weighted by Gasteiger charge is -2.26. The normalized spacial score (nSPS) is 16.7. The Morgan fingerprint density at radius 3 is 2.33 bits per heavy atom. The molecule has 5 nitrogen and oxygen atoms in total. The molecule has 1 amide bonds. The van der Waals surface area contributed by atoms with Crippen molar-refractivity contribution in [3.05, 3.63) is 59.7 Å². The predicted octanol–water partition coefficient (Wildman–Crippen LogP) is 3.91. The summed E-state index contributed by atoms with van der Waals surface area (Å²) in [5.41, 5.74) is 2.32. The van der Waals surface area contributed by atoms with Crippen LogP contribution in [0.1, 0.15) is 43.2 Å². The van der Waals surface area contributed by atoms with Gasteiger partial charge in [-0.25, -0.2) is 8.42 Å². The summed E-state index contributed by atoms with van der Waals surface area (Å²) in [4.78, 5) is 12.8. The summed E-state index contributed by atoms with van der Waals surface area (Å²) >= 11 is 0. The van der Waals surface area contributed by atoms with E-state index in [0.717, 1.165) is 30.4 Å². The molecule has 1 aliphatic heterocycles. The lowest BCUT2D eigenvalue weighted by molar-refractivity contribution is -0.117. The number of hydrogen-bond acceptors (Lipinski definition) is 3. The molecule has 0 radical (unpaired) electrons. The van der Waals surface area contributed by atoms with Gasteiger partial charge in [0.15, 0.2) is 0 Å². The van der Waals surface area contributed by atoms with Crippen molar-refractivity contribution in [2.45, 2.75) is 43.9 Å². The number of sulfonamides is 1. The third-order valence-corrected chi connectivity index (χ3v) is 7.00. The third kappa shape index (κ3) is 4.39. The summed E-state index contributed by atoms with van der Waals surface area (Å²) < 4.78 is 27.2. The predicted molar refractivity (Wildman–Crippen MR) is 107 cm³/mol. The Balaban J connectivity index is 1.76. The molecule has 1 aliphatic rings. The monoisotopic (exact) mass is 386 g/mol. The Kier molecular flexibility index (Phi) is 5.97. The summed E-state index contributed by atoms with van der Waals surface area (Å²) in [5, 5.41) is 2.92. The molecule has 144 valence electrons. The first-order valence-corrected chi connectivity index (χ1v) is 10.8. The molecular formula is C21H26N2O3S. The molecule has 0 aliphatic carbocycles. The van der Waals surface area contributed by atoms with Crippen LogP contribution in [0.2, 0.25) is 0 Å². The van der Waals surface area contributed by atoms with E-state index in [2.05, 4.69) is 5.32 Å². The highest BCUT2D eigenvalue weighted by Crippen LogP contribution is 2.26. The fraction of sp³-hybridized carbons (Fsp3) is 0.381. The molecule has 1 saturated heterocycles. The highest BCUT2D eigenvalue weighted by Gasteiger charge is 2.26. The Hall–Kier alpha value is -2.18. The number of rotatable bonds is 5. The SMILES string of the molecule is Cc1cc(S(=O)(=O)N2CCCCC2)ccc1NC(=O)C(C)c1ccccc1. The zero-order valence-electron chi connectivity index (χ0n) is 15.8. The van der Waals surface area contributed by atoms with Crippen LogP contribution >= 0.6 is 0 Å². The summed E-state index contributed by atoms with van der Waals surface area (Å²) in [6.45, 7) is 4.83. The van der Waals surface area contributed by atoms with E-state index in [1.54, 1.807) is 22.5 Å². The third-order valence-electron chi connectivity index (χ3n) is 5.10. The van der Waals surface area contributed by atoms with Crippen molar-refractivity contribution < 1.29 is 13.2 Å². The fourth-order valence-corrected chi connectivity index (χ4v) is 4.93. The quantitative estimate of drug-likeness (QED) is 0.847. The molecule has 0 bridgehead atoms. The van der Waals surface area contributed by atoms with E-state index in [0.29, 0.717) is 18.8 Å². The highest BCUT2D eigenvalue weighted by atomic mass is 32.2. The zero-order valence-corrected chi connectivity index (χ0v) is 16.6. The Labute approximate surface area is 161 Å². The molecule has 1 N–H and O–H groups in total. The first-order valence-electron chi connectivity index (χ1n) is 9.36. The first-order chi connectivity index (χ1) is 12.9. The van der Waals surface area contributed by atoms with E-state index in [9.17, 15) is 13.2 Å². The number of nitrogens with zero attached hydrogens (tertiary/aromatic N) is 1. The van der Waals surface area contributed by atoms with Crippen molar-refractivity contribution in [3.63, 3.8) is 0 Å². The van der Waals surface area contributed by atoms with Gasteiger partial charge >= 0.3 is 0 Å². The molecule has 6 heteroatoms. The molecule has 0 spiro atoms. The average molecular weight is 387 g/mol. The largest absolute Gasteiger partial charge is 0.325 e. The highest BCUT2D eigenvalue weighted by molar-refractivity contribution is 7.89. The van der Waals surface area contributed by atoms with Gasteiger partial charge in [0.2, 0.25) is 15.9 Å². The van der Waals surface area contributed by atoms with E-state index in [1.165, 1.54) is 0 Å². The number of carbonyl (C=O) groups is 1. The number of benzene rings is 2. The Morgan fingerprint density at radius 1 is 1.04 bits per heavy atom. The van der Waals surface area contributed by atoms with Crippen LogP contribution in [0.5, 0.6) is 0 Å². The molecule has 3 rings (SSSR count). The molecule has 1 unspecified atom stereocenters. The lowest BCUT2D eigenvalue weighted by Crippen LogP contribution is -2.35. The number of hydrogen-bond donors (Lipinski definition) is 1. The zero-order chi connectivity index (χ0) is 19.4. The van der Waals surface area contributed by atoms with Gasteiger partial charge in [0.05, 0.1) is 10.8 Å². The van der Waals surface area contributed by atoms with Crippen LogP contribution in [0.4, 0.5) is 5.69 Å². The van der Waals surface area contributed by atoms with Gasteiger partial charge in [-0.05, 0) is 56.0 Å². The maximum absolute atomic E-state index is 12.8. The fourth-order valence-electron chi connectivity index (χ4n) is 3.33. The topological polar surface area (TPSA) is 66.5 Å². The number of nitrogens with one attached hydrogen (secondary N) is 1. The number of piperidine rings is 1. The average Bonchev–Trinajstić information content (AvgIpc) is 2.70. The second-order valence-electron chi connectivity index (χ2n) is 7.06. The number of aryl methyl sites for hydroxylation is 1. The van der Waals surface area contributed by atoms with E-state index >= 15 is 0 Å². The Bertz CT molecular complexity index is 904. The van der Waals surface area contributed by atoms with Crippen molar-refractivity contribution in [2.24, 2.45) is 0 Å². The number of carbonyl (C=O) groups excluding carboxylic acids is 1. The summed E-state index contributed by atoms with van der Waals surface area (Å²) in [6.07, 6.45) is 2.89. The van der Waals surface area contributed by atoms with Gasteiger partial charge < -0.3 is 5.32 Å². The van der Waals surface area contributed by atoms with E-state index < -0.39 is 10.0 Å². The van der Waals surface area contributed by atoms with Crippen LogP contribution in [0.3, 0.4) is 0 Å². The molecule has 2 aromatic rings. The molecule has 27 heavy (non-hydrogen) atoms. The number of anilines is 1. The smallest absolute Gasteiger partial charge is 0.243 e. The van der Waals surface area contributed by atoms with Crippen LogP contribution in [0, 0.1) is 6.92 Å². The van der Waals surface area contributed by atoms with Crippen molar-refractivity contribution in [3.8, 4) is 0 Å². The van der Waals surface area contributed by atoms with Gasteiger partial charge in [-0.15, -0.1) is 0 Å². The van der Waals surface area contributed by atoms with Crippen LogP contribution in [0.15, 0.2) is 53.4 Å². The minimum Gasteiger partial charge on any atom is -0.325 e. The lowest BCUT2D eigenvalue weighted by atomic mass is 10.0. The first kappa shape index (κ1) is 19.6. The second-order valence-corrected chi connectivity index (χ2v) is 9.00. The maximum Gasteiger partial charge on any atom is 0.243 e. The summed E-state index contributed by atoms with van der Waals surface area (Å²) in [7, 11) is -3.47. The van der Waals surface area contributed by atoms with E-state index in [1.807, 2.05) is 44.2 Å². The maximum atomic E-state index is 12.8. The van der Waals surface area contributed by atoms with Crippen molar-refractivity contribution in [1.29, 1.82) is 0 Å². The Morgan fingerprint density at radius 2 is 1.70 bits per heavy atom. The van der Waals surface area contributed by atoms with E-state index in [4.69, 9.17) is 0 Å². The summed E-state index contributed by atoms with van der Waals surface area (Å²) in [5.74, 6) is -0.404. The van der Waals surface area contributed by atoms with Gasteiger partial charge in [0.25, 0.3) is 0 Å². The molecule has 1 fully saturated rings. The molecule has 0 aromatic heterocycles. The minimum atomic E-state index is -3.47. The molecule has 1 atom stereocenters. The standard InChI is InChI=1S/C21H26N2O3S/c1-16-15-19(27(25,26)23-13-7-4-8-14-23)11-12-20(16)22-21(24)17(2)18-9-5-3-6-10-18/h3,5-6,9-12,15,17H,4,7-8,13-14H2,1-2H3,(H,22,24). The molecular weight excluding hydrogens is 360 g/mol. The van der Waals surface area contributed by atoms with Crippen molar-refractivity contribution in [1.82, 2.24) is 4.31 Å². The van der Waals surface area contributed by atoms with Crippen molar-refractivity contribution in [2.75, 3.05) is 18.4 Å². The second kappa shape index (κ2) is 8.23. The van der Waals surface area contributed by atoms with Gasteiger partial charge in [-0.1, -0.05) is 36.8 Å². The molecule has 1 heterocycles. The van der Waals surface area contributed by atoms with Crippen LogP contribution < -0.4 is 5.32 Å². The van der Waals surface area contributed by atoms with Gasteiger partial charge in [0.1, 0.15) is 0 Å². The number of amides is 1. The van der Waals surface area contributed by atoms with Gasteiger partial charge in [0, 0.05) is 18.8 Å². The minimum absolute atomic E-state index is 0.115. The van der Waals surface area contributed by atoms with Crippen LogP contribution in [-0.2, 0) is 14.8 Å². The van der Waals surface area contributed by atoms with Gasteiger partial charge in [-0.3, -0.25) is 4.79 Å². The van der Waals surface area contributed by atoms with Gasteiger partial charge in [-0.2, -0.15) is 4.31 Å². The molecule has 2 aromatic carbocycles. The van der Waals surface area contributed by atoms with Crippen molar-refractivity contribution >= 4 is 21.6 Å². The van der Waals surface area contributed by atoms with Crippen LogP contribution in [0.25, 0.3) is 0 Å². The summed E-state index contributed by atoms with van der Waals surface area (Å²) in [6, 6.07) is 14.5. The van der Waals surface area contributed by atoms with E-state index in [-0.39, 0.29) is 16.7 Å². The van der Waals surface area contributed by atoms with Crippen LogP contribution in [-0.4, -0.2) is 31.7 Å².